The molecule has 3 aromatic rings. The summed E-state index contributed by atoms with van der Waals surface area (Å²) >= 11 is 1.54. The highest BCUT2D eigenvalue weighted by Gasteiger charge is 2.23. The monoisotopic (exact) mass is 448 g/mol. The lowest BCUT2D eigenvalue weighted by Gasteiger charge is -2.25. The molecule has 0 saturated carbocycles. The summed E-state index contributed by atoms with van der Waals surface area (Å²) in [6.07, 6.45) is 9.54. The Hall–Kier alpha value is -2.64. The Balaban J connectivity index is 1.55. The molecule has 0 N–H and O–H groups in total. The molecule has 1 aromatic carbocycles. The summed E-state index contributed by atoms with van der Waals surface area (Å²) in [5, 5.41) is 4.94. The number of piperidine rings is 1. The van der Waals surface area contributed by atoms with E-state index in [0.717, 1.165) is 71.7 Å². The van der Waals surface area contributed by atoms with Crippen LogP contribution < -0.4 is 0 Å². The van der Waals surface area contributed by atoms with Gasteiger partial charge in [0.05, 0.1) is 12.3 Å². The fraction of sp³-hybridized carbons (Fsp3) is 0.400. The molecule has 0 amide bonds. The number of rotatable bonds is 6. The molecule has 1 aliphatic heterocycles. The Kier molecular flexibility index (Phi) is 6.28. The minimum Gasteiger partial charge on any atom is -0.457 e. The van der Waals surface area contributed by atoms with Crippen LogP contribution in [0.4, 0.5) is 0 Å². The van der Waals surface area contributed by atoms with Crippen LogP contribution >= 0.6 is 11.8 Å². The zero-order chi connectivity index (χ0) is 21.9. The molecule has 1 fully saturated rings. The van der Waals surface area contributed by atoms with Crippen LogP contribution in [0.1, 0.15) is 42.6 Å². The standard InChI is InChI=1S/C25H28N4O2S/c1-30-28-22-9-7-17-14-18(6-8-20(17)22)21-15-19(16-29-12-4-3-5-13-29)31-24(21)23-10-11-26-25(27-23)32-2/h6,8,10-11,14-15H,3-5,7,9,12-13,16H2,1-2H3. The quantitative estimate of drug-likeness (QED) is 0.285. The molecular formula is C25H28N4O2S. The number of oxime groups is 1. The maximum absolute atomic E-state index is 6.45. The van der Waals surface area contributed by atoms with Gasteiger partial charge in [-0.2, -0.15) is 0 Å². The van der Waals surface area contributed by atoms with Gasteiger partial charge in [-0.3, -0.25) is 4.90 Å². The molecule has 0 unspecified atom stereocenters. The smallest absolute Gasteiger partial charge is 0.187 e. The van der Waals surface area contributed by atoms with Gasteiger partial charge in [0.2, 0.25) is 0 Å². The highest BCUT2D eigenvalue weighted by atomic mass is 32.2. The van der Waals surface area contributed by atoms with Crippen LogP contribution in [0, 0.1) is 0 Å². The maximum Gasteiger partial charge on any atom is 0.187 e. The zero-order valence-corrected chi connectivity index (χ0v) is 19.5. The molecule has 6 nitrogen and oxygen atoms in total. The fourth-order valence-corrected chi connectivity index (χ4v) is 5.03. The van der Waals surface area contributed by atoms with Gasteiger partial charge < -0.3 is 9.25 Å². The number of fused-ring (bicyclic) bond motifs is 1. The summed E-state index contributed by atoms with van der Waals surface area (Å²) in [5.41, 5.74) is 6.56. The first-order valence-electron chi connectivity index (χ1n) is 11.2. The molecule has 2 aromatic heterocycles. The second kappa shape index (κ2) is 9.46. The zero-order valence-electron chi connectivity index (χ0n) is 18.6. The van der Waals surface area contributed by atoms with Gasteiger partial charge in [0.1, 0.15) is 18.6 Å². The Bertz CT molecular complexity index is 1130. The lowest BCUT2D eigenvalue weighted by atomic mass is 9.99. The van der Waals surface area contributed by atoms with E-state index in [-0.39, 0.29) is 0 Å². The second-order valence-corrected chi connectivity index (χ2v) is 9.09. The van der Waals surface area contributed by atoms with Crippen LogP contribution in [0.25, 0.3) is 22.6 Å². The minimum absolute atomic E-state index is 0.747. The maximum atomic E-state index is 6.45. The minimum atomic E-state index is 0.747. The van der Waals surface area contributed by atoms with Crippen molar-refractivity contribution < 1.29 is 9.25 Å². The number of nitrogens with zero attached hydrogens (tertiary/aromatic N) is 4. The molecule has 0 spiro atoms. The molecule has 0 bridgehead atoms. The lowest BCUT2D eigenvalue weighted by molar-refractivity contribution is 0.206. The van der Waals surface area contributed by atoms with Crippen molar-refractivity contribution in [2.75, 3.05) is 26.5 Å². The SMILES string of the molecule is CON=C1CCc2cc(-c3cc(CN4CCCCC4)oc3-c3ccnc(SC)n3)ccc21. The van der Waals surface area contributed by atoms with E-state index in [2.05, 4.69) is 39.3 Å². The summed E-state index contributed by atoms with van der Waals surface area (Å²) in [6.45, 7) is 3.11. The van der Waals surface area contributed by atoms with Gasteiger partial charge in [0.25, 0.3) is 0 Å². The van der Waals surface area contributed by atoms with Crippen molar-refractivity contribution in [1.82, 2.24) is 14.9 Å². The van der Waals surface area contributed by atoms with E-state index in [4.69, 9.17) is 14.2 Å². The second-order valence-electron chi connectivity index (χ2n) is 8.31. The summed E-state index contributed by atoms with van der Waals surface area (Å²) in [4.78, 5) is 16.6. The lowest BCUT2D eigenvalue weighted by Crippen LogP contribution is -2.28. The van der Waals surface area contributed by atoms with E-state index in [9.17, 15) is 0 Å². The highest BCUT2D eigenvalue weighted by Crippen LogP contribution is 2.37. The summed E-state index contributed by atoms with van der Waals surface area (Å²) in [5.74, 6) is 1.81. The number of likely N-dealkylation sites (tertiary alicyclic amines) is 1. The topological polar surface area (TPSA) is 63.8 Å². The van der Waals surface area contributed by atoms with E-state index < -0.39 is 0 Å². The number of aromatic nitrogens is 2. The van der Waals surface area contributed by atoms with Crippen molar-refractivity contribution in [2.24, 2.45) is 5.16 Å². The predicted molar refractivity (Wildman–Crippen MR) is 128 cm³/mol. The van der Waals surface area contributed by atoms with Crippen molar-refractivity contribution in [3.8, 4) is 22.6 Å². The molecule has 5 rings (SSSR count). The van der Waals surface area contributed by atoms with Gasteiger partial charge in [-0.25, -0.2) is 9.97 Å². The summed E-state index contributed by atoms with van der Waals surface area (Å²) < 4.78 is 6.45. The number of thioether (sulfide) groups is 1. The van der Waals surface area contributed by atoms with E-state index >= 15 is 0 Å². The third-order valence-corrected chi connectivity index (χ3v) is 6.78. The van der Waals surface area contributed by atoms with Gasteiger partial charge >= 0.3 is 0 Å². The van der Waals surface area contributed by atoms with Gasteiger partial charge in [0.15, 0.2) is 10.9 Å². The van der Waals surface area contributed by atoms with Crippen LogP contribution in [0.15, 0.2) is 51.3 Å². The number of aryl methyl sites for hydroxylation is 1. The molecule has 2 aliphatic rings. The molecule has 32 heavy (non-hydrogen) atoms. The first kappa shape index (κ1) is 21.2. The average molecular weight is 449 g/mol. The van der Waals surface area contributed by atoms with Crippen LogP contribution in [-0.2, 0) is 17.8 Å². The van der Waals surface area contributed by atoms with Crippen molar-refractivity contribution in [2.45, 2.75) is 43.8 Å². The predicted octanol–water partition coefficient (Wildman–Crippen LogP) is 5.41. The van der Waals surface area contributed by atoms with Crippen LogP contribution in [0.2, 0.25) is 0 Å². The molecular weight excluding hydrogens is 420 g/mol. The van der Waals surface area contributed by atoms with Crippen molar-refractivity contribution >= 4 is 17.5 Å². The van der Waals surface area contributed by atoms with Gasteiger partial charge in [0, 0.05) is 17.3 Å². The molecule has 1 saturated heterocycles. The summed E-state index contributed by atoms with van der Waals surface area (Å²) in [6, 6.07) is 10.7. The Morgan fingerprint density at radius 2 is 1.97 bits per heavy atom. The normalized spacial score (nSPS) is 17.6. The number of furan rings is 1. The van der Waals surface area contributed by atoms with E-state index in [1.165, 1.54) is 42.2 Å². The third kappa shape index (κ3) is 4.32. The number of hydrogen-bond acceptors (Lipinski definition) is 7. The Morgan fingerprint density at radius 1 is 1.09 bits per heavy atom. The van der Waals surface area contributed by atoms with Crippen molar-refractivity contribution in [1.29, 1.82) is 0 Å². The molecule has 1 aliphatic carbocycles. The molecule has 0 radical (unpaired) electrons. The average Bonchev–Trinajstić information content (AvgIpc) is 3.44. The Labute approximate surface area is 193 Å². The first-order valence-corrected chi connectivity index (χ1v) is 12.4. The molecule has 0 atom stereocenters. The molecule has 166 valence electrons. The Morgan fingerprint density at radius 3 is 2.78 bits per heavy atom. The van der Waals surface area contributed by atoms with Crippen LogP contribution in [-0.4, -0.2) is 47.0 Å². The molecule has 3 heterocycles. The van der Waals surface area contributed by atoms with E-state index in [1.54, 1.807) is 13.3 Å². The van der Waals surface area contributed by atoms with Gasteiger partial charge in [-0.15, -0.1) is 0 Å². The van der Waals surface area contributed by atoms with Crippen LogP contribution in [0.3, 0.4) is 0 Å². The summed E-state index contributed by atoms with van der Waals surface area (Å²) in [7, 11) is 1.60. The van der Waals surface area contributed by atoms with Gasteiger partial charge in [-0.05, 0) is 68.3 Å². The van der Waals surface area contributed by atoms with Crippen molar-refractivity contribution in [3.63, 3.8) is 0 Å². The van der Waals surface area contributed by atoms with Gasteiger partial charge in [-0.1, -0.05) is 41.5 Å². The van der Waals surface area contributed by atoms with Crippen LogP contribution in [0.5, 0.6) is 0 Å². The third-order valence-electron chi connectivity index (χ3n) is 6.22. The molecule has 7 heteroatoms. The number of benzene rings is 1. The largest absolute Gasteiger partial charge is 0.457 e. The number of hydrogen-bond donors (Lipinski definition) is 0. The fourth-order valence-electron chi connectivity index (χ4n) is 4.67. The van der Waals surface area contributed by atoms with E-state index in [0.29, 0.717) is 0 Å². The first-order chi connectivity index (χ1) is 15.7. The van der Waals surface area contributed by atoms with Crippen molar-refractivity contribution in [3.05, 3.63) is 53.4 Å². The van der Waals surface area contributed by atoms with E-state index in [1.807, 2.05) is 12.3 Å². The highest BCUT2D eigenvalue weighted by molar-refractivity contribution is 7.98.